The molecule has 3 nitrogen and oxygen atoms in total. The number of esters is 1. The molecule has 0 fully saturated rings. The molecule has 3 heteroatoms. The van der Waals surface area contributed by atoms with E-state index in [0.717, 1.165) is 0 Å². The first-order valence-electron chi connectivity index (χ1n) is 3.18. The summed E-state index contributed by atoms with van der Waals surface area (Å²) in [6.07, 6.45) is 3.48. The molecule has 0 aromatic carbocycles. The first-order valence-corrected chi connectivity index (χ1v) is 3.18. The van der Waals surface area contributed by atoms with Crippen molar-refractivity contribution in [1.82, 2.24) is 0 Å². The second-order valence-electron chi connectivity index (χ2n) is 1.83. The second kappa shape index (κ2) is 5.53. The van der Waals surface area contributed by atoms with Gasteiger partial charge in [0.1, 0.15) is 5.76 Å². The molecule has 11 heavy (non-hydrogen) atoms. The first-order chi connectivity index (χ1) is 5.24. The van der Waals surface area contributed by atoms with Gasteiger partial charge in [0.25, 0.3) is 0 Å². The average molecular weight is 156 g/mol. The third-order valence-corrected chi connectivity index (χ3v) is 1.09. The van der Waals surface area contributed by atoms with Crippen molar-refractivity contribution < 1.29 is 14.3 Å². The predicted octanol–water partition coefficient (Wildman–Crippen LogP) is 1.27. The minimum absolute atomic E-state index is 0.413. The van der Waals surface area contributed by atoms with E-state index in [4.69, 9.17) is 4.74 Å². The van der Waals surface area contributed by atoms with E-state index in [2.05, 4.69) is 11.3 Å². The summed E-state index contributed by atoms with van der Waals surface area (Å²) < 4.78 is 9.25. The molecule has 0 saturated carbocycles. The Kier molecular flexibility index (Phi) is 4.90. The fourth-order valence-corrected chi connectivity index (χ4v) is 0.534. The van der Waals surface area contributed by atoms with Crippen LogP contribution in [0.1, 0.15) is 6.42 Å². The number of ether oxygens (including phenoxy) is 2. The Bertz CT molecular complexity index is 170. The van der Waals surface area contributed by atoms with Gasteiger partial charge < -0.3 is 9.47 Å². The number of carbonyl (C=O) groups is 1. The fourth-order valence-electron chi connectivity index (χ4n) is 0.534. The van der Waals surface area contributed by atoms with E-state index in [9.17, 15) is 4.79 Å². The molecule has 0 radical (unpaired) electrons. The summed E-state index contributed by atoms with van der Waals surface area (Å²) in [4.78, 5) is 10.6. The number of methoxy groups -OCH3 is 2. The maximum Gasteiger partial charge on any atom is 0.333 e. The summed E-state index contributed by atoms with van der Waals surface area (Å²) in [6.45, 7) is 3.51. The number of hydrogen-bond acceptors (Lipinski definition) is 3. The van der Waals surface area contributed by atoms with Gasteiger partial charge >= 0.3 is 5.97 Å². The van der Waals surface area contributed by atoms with Gasteiger partial charge in [-0.05, 0) is 0 Å². The maximum atomic E-state index is 10.6. The van der Waals surface area contributed by atoms with Crippen LogP contribution in [-0.2, 0) is 14.3 Å². The average Bonchev–Trinajstić information content (AvgIpc) is 2.03. The molecule has 0 bridgehead atoms. The number of allylic oxidation sites excluding steroid dienone is 1. The van der Waals surface area contributed by atoms with Crippen molar-refractivity contribution in [3.8, 4) is 0 Å². The predicted molar refractivity (Wildman–Crippen MR) is 41.9 cm³/mol. The molecule has 0 amide bonds. The minimum atomic E-state index is -0.413. The Morgan fingerprint density at radius 2 is 2.09 bits per heavy atom. The van der Waals surface area contributed by atoms with Crippen LogP contribution >= 0.6 is 0 Å². The van der Waals surface area contributed by atoms with Gasteiger partial charge in [-0.25, -0.2) is 4.79 Å². The molecular formula is C8H12O3. The summed E-state index contributed by atoms with van der Waals surface area (Å²) in [5.41, 5.74) is 0. The lowest BCUT2D eigenvalue weighted by atomic mass is 10.3. The van der Waals surface area contributed by atoms with E-state index in [1.807, 2.05) is 0 Å². The van der Waals surface area contributed by atoms with E-state index >= 15 is 0 Å². The molecule has 0 aromatic heterocycles. The summed E-state index contributed by atoms with van der Waals surface area (Å²) in [7, 11) is 2.82. The molecule has 0 saturated heterocycles. The van der Waals surface area contributed by atoms with E-state index in [0.29, 0.717) is 12.2 Å². The third-order valence-electron chi connectivity index (χ3n) is 1.09. The summed E-state index contributed by atoms with van der Waals surface area (Å²) in [5, 5.41) is 0. The Hall–Kier alpha value is -1.25. The van der Waals surface area contributed by atoms with Crippen LogP contribution in [0.2, 0.25) is 0 Å². The van der Waals surface area contributed by atoms with Crippen LogP contribution in [0, 0.1) is 0 Å². The highest BCUT2D eigenvalue weighted by Gasteiger charge is 1.98. The van der Waals surface area contributed by atoms with E-state index in [1.165, 1.54) is 20.3 Å². The van der Waals surface area contributed by atoms with Gasteiger partial charge in [-0.1, -0.05) is 6.08 Å². The van der Waals surface area contributed by atoms with E-state index in [-0.39, 0.29) is 0 Å². The zero-order chi connectivity index (χ0) is 8.69. The van der Waals surface area contributed by atoms with Gasteiger partial charge in [0.15, 0.2) is 0 Å². The Morgan fingerprint density at radius 3 is 2.45 bits per heavy atom. The zero-order valence-electron chi connectivity index (χ0n) is 6.79. The van der Waals surface area contributed by atoms with Crippen LogP contribution in [0.25, 0.3) is 0 Å². The topological polar surface area (TPSA) is 35.5 Å². The van der Waals surface area contributed by atoms with Gasteiger partial charge in [0.2, 0.25) is 0 Å². The standard InChI is InChI=1S/C8H12O3/c1-4-5-7(10-2)6-8(9)11-3/h4,6H,1,5H2,2-3H3/b7-6-. The Balaban J connectivity index is 4.09. The van der Waals surface area contributed by atoms with Crippen LogP contribution in [0.5, 0.6) is 0 Å². The molecular weight excluding hydrogens is 144 g/mol. The highest BCUT2D eigenvalue weighted by Crippen LogP contribution is 2.01. The molecule has 0 heterocycles. The van der Waals surface area contributed by atoms with Crippen LogP contribution in [0.4, 0.5) is 0 Å². The molecule has 0 spiro atoms. The second-order valence-corrected chi connectivity index (χ2v) is 1.83. The number of rotatable bonds is 4. The third kappa shape index (κ3) is 4.19. The minimum Gasteiger partial charge on any atom is -0.501 e. The maximum absolute atomic E-state index is 10.6. The zero-order valence-corrected chi connectivity index (χ0v) is 6.79. The van der Waals surface area contributed by atoms with Crippen molar-refractivity contribution in [1.29, 1.82) is 0 Å². The summed E-state index contributed by atoms with van der Waals surface area (Å²) in [6, 6.07) is 0. The van der Waals surface area contributed by atoms with Gasteiger partial charge in [0, 0.05) is 6.42 Å². The molecule has 62 valence electrons. The van der Waals surface area contributed by atoms with Gasteiger partial charge in [-0.2, -0.15) is 0 Å². The number of carbonyl (C=O) groups excluding carboxylic acids is 1. The normalized spacial score (nSPS) is 10.5. The molecule has 0 rings (SSSR count). The Morgan fingerprint density at radius 1 is 1.45 bits per heavy atom. The van der Waals surface area contributed by atoms with Crippen molar-refractivity contribution in [2.24, 2.45) is 0 Å². The molecule has 0 N–H and O–H groups in total. The Labute approximate surface area is 66.3 Å². The lowest BCUT2D eigenvalue weighted by Crippen LogP contribution is -1.97. The van der Waals surface area contributed by atoms with Crippen molar-refractivity contribution in [2.75, 3.05) is 14.2 Å². The molecule has 0 atom stereocenters. The fraction of sp³-hybridized carbons (Fsp3) is 0.375. The lowest BCUT2D eigenvalue weighted by Gasteiger charge is -2.00. The molecule has 0 aliphatic rings. The largest absolute Gasteiger partial charge is 0.501 e. The number of hydrogen-bond donors (Lipinski definition) is 0. The van der Waals surface area contributed by atoms with Crippen LogP contribution < -0.4 is 0 Å². The first kappa shape index (κ1) is 9.75. The molecule has 0 aromatic rings. The lowest BCUT2D eigenvalue weighted by molar-refractivity contribution is -0.135. The van der Waals surface area contributed by atoms with Crippen molar-refractivity contribution in [3.05, 3.63) is 24.5 Å². The van der Waals surface area contributed by atoms with Crippen LogP contribution in [-0.4, -0.2) is 20.2 Å². The van der Waals surface area contributed by atoms with Crippen molar-refractivity contribution in [3.63, 3.8) is 0 Å². The quantitative estimate of drug-likeness (QED) is 0.266. The summed E-state index contributed by atoms with van der Waals surface area (Å²) >= 11 is 0. The molecule has 0 aliphatic carbocycles. The van der Waals surface area contributed by atoms with Gasteiger partial charge in [0.05, 0.1) is 20.3 Å². The van der Waals surface area contributed by atoms with Crippen LogP contribution in [0.3, 0.4) is 0 Å². The van der Waals surface area contributed by atoms with Crippen LogP contribution in [0.15, 0.2) is 24.5 Å². The monoisotopic (exact) mass is 156 g/mol. The summed E-state index contributed by atoms with van der Waals surface area (Å²) in [5.74, 6) is 0.135. The van der Waals surface area contributed by atoms with Crippen molar-refractivity contribution in [2.45, 2.75) is 6.42 Å². The SMILES string of the molecule is C=CC/C(=C/C(=O)OC)OC. The van der Waals surface area contributed by atoms with E-state index < -0.39 is 5.97 Å². The highest BCUT2D eigenvalue weighted by molar-refractivity contribution is 5.82. The molecule has 0 aliphatic heterocycles. The molecule has 0 unspecified atom stereocenters. The highest BCUT2D eigenvalue weighted by atomic mass is 16.5. The smallest absolute Gasteiger partial charge is 0.333 e. The van der Waals surface area contributed by atoms with E-state index in [1.54, 1.807) is 6.08 Å². The van der Waals surface area contributed by atoms with Gasteiger partial charge in [-0.15, -0.1) is 6.58 Å². The van der Waals surface area contributed by atoms with Gasteiger partial charge in [-0.3, -0.25) is 0 Å². The van der Waals surface area contributed by atoms with Crippen molar-refractivity contribution >= 4 is 5.97 Å².